The quantitative estimate of drug-likeness (QED) is 0.859. The Morgan fingerprint density at radius 3 is 3.00 bits per heavy atom. The minimum Gasteiger partial charge on any atom is -0.397 e. The number of nitrogens with zero attached hydrogens (tertiary/aromatic N) is 3. The SMILES string of the molecule is CC(C)n1cncc1CN1CCc2cccc(N)c21. The lowest BCUT2D eigenvalue weighted by molar-refractivity contribution is 0.569. The third-order valence-electron chi connectivity index (χ3n) is 3.77. The van der Waals surface area contributed by atoms with Crippen LogP contribution < -0.4 is 10.6 Å². The molecule has 0 atom stereocenters. The molecule has 0 saturated carbocycles. The summed E-state index contributed by atoms with van der Waals surface area (Å²) < 4.78 is 2.22. The van der Waals surface area contributed by atoms with Crippen LogP contribution in [0.1, 0.15) is 31.1 Å². The Labute approximate surface area is 113 Å². The van der Waals surface area contributed by atoms with Crippen LogP contribution in [0.15, 0.2) is 30.7 Å². The van der Waals surface area contributed by atoms with E-state index in [0.717, 1.165) is 25.2 Å². The number of anilines is 2. The summed E-state index contributed by atoms with van der Waals surface area (Å²) in [4.78, 5) is 6.63. The molecule has 19 heavy (non-hydrogen) atoms. The van der Waals surface area contributed by atoms with Gasteiger partial charge in [-0.1, -0.05) is 12.1 Å². The third kappa shape index (κ3) is 2.07. The molecule has 2 aromatic rings. The first-order chi connectivity index (χ1) is 9.16. The zero-order chi connectivity index (χ0) is 13.4. The van der Waals surface area contributed by atoms with Crippen molar-refractivity contribution in [2.75, 3.05) is 17.2 Å². The van der Waals surface area contributed by atoms with Crippen LogP contribution in [0, 0.1) is 0 Å². The van der Waals surface area contributed by atoms with Gasteiger partial charge in [-0.05, 0) is 31.9 Å². The number of imidazole rings is 1. The smallest absolute Gasteiger partial charge is 0.0951 e. The maximum absolute atomic E-state index is 6.13. The van der Waals surface area contributed by atoms with Crippen LogP contribution in [-0.4, -0.2) is 16.1 Å². The van der Waals surface area contributed by atoms with Crippen molar-refractivity contribution in [3.63, 3.8) is 0 Å². The second-order valence-corrected chi connectivity index (χ2v) is 5.41. The van der Waals surface area contributed by atoms with E-state index in [-0.39, 0.29) is 0 Å². The number of aromatic nitrogens is 2. The predicted octanol–water partition coefficient (Wildman–Crippen LogP) is 2.61. The van der Waals surface area contributed by atoms with Crippen molar-refractivity contribution in [3.8, 4) is 0 Å². The third-order valence-corrected chi connectivity index (χ3v) is 3.77. The zero-order valence-corrected chi connectivity index (χ0v) is 11.5. The lowest BCUT2D eigenvalue weighted by Gasteiger charge is -2.22. The minimum atomic E-state index is 0.438. The molecule has 0 unspecified atom stereocenters. The fourth-order valence-electron chi connectivity index (χ4n) is 2.84. The monoisotopic (exact) mass is 256 g/mol. The van der Waals surface area contributed by atoms with E-state index in [0.29, 0.717) is 6.04 Å². The highest BCUT2D eigenvalue weighted by atomic mass is 15.2. The summed E-state index contributed by atoms with van der Waals surface area (Å²) in [6.45, 7) is 6.27. The predicted molar refractivity (Wildman–Crippen MR) is 78.2 cm³/mol. The van der Waals surface area contributed by atoms with Gasteiger partial charge in [-0.2, -0.15) is 0 Å². The van der Waals surface area contributed by atoms with Crippen LogP contribution >= 0.6 is 0 Å². The number of fused-ring (bicyclic) bond motifs is 1. The van der Waals surface area contributed by atoms with Gasteiger partial charge in [-0.3, -0.25) is 0 Å². The lowest BCUT2D eigenvalue weighted by Crippen LogP contribution is -2.22. The van der Waals surface area contributed by atoms with Crippen LogP contribution in [0.2, 0.25) is 0 Å². The van der Waals surface area contributed by atoms with E-state index >= 15 is 0 Å². The van der Waals surface area contributed by atoms with Crippen LogP contribution in [0.4, 0.5) is 11.4 Å². The van der Waals surface area contributed by atoms with Crippen LogP contribution in [0.25, 0.3) is 0 Å². The Morgan fingerprint density at radius 2 is 2.21 bits per heavy atom. The fourth-order valence-corrected chi connectivity index (χ4v) is 2.84. The van der Waals surface area contributed by atoms with Gasteiger partial charge >= 0.3 is 0 Å². The van der Waals surface area contributed by atoms with Gasteiger partial charge in [0.25, 0.3) is 0 Å². The van der Waals surface area contributed by atoms with E-state index < -0.39 is 0 Å². The number of nitrogen functional groups attached to an aromatic ring is 1. The Morgan fingerprint density at radius 1 is 1.37 bits per heavy atom. The van der Waals surface area contributed by atoms with Gasteiger partial charge in [0.05, 0.1) is 29.9 Å². The van der Waals surface area contributed by atoms with E-state index in [4.69, 9.17) is 5.73 Å². The first kappa shape index (κ1) is 12.1. The summed E-state index contributed by atoms with van der Waals surface area (Å²) in [5.74, 6) is 0. The summed E-state index contributed by atoms with van der Waals surface area (Å²) in [5.41, 5.74) is 10.8. The highest BCUT2D eigenvalue weighted by molar-refractivity contribution is 5.74. The van der Waals surface area contributed by atoms with Crippen molar-refractivity contribution in [1.29, 1.82) is 0 Å². The standard InChI is InChI=1S/C15H20N4/c1-11(2)19-10-17-8-13(19)9-18-7-6-12-4-3-5-14(16)15(12)18/h3-5,8,10-11H,6-7,9,16H2,1-2H3. The lowest BCUT2D eigenvalue weighted by atomic mass is 10.1. The highest BCUT2D eigenvalue weighted by Crippen LogP contribution is 2.34. The molecule has 0 amide bonds. The molecule has 2 N–H and O–H groups in total. The van der Waals surface area contributed by atoms with Gasteiger partial charge < -0.3 is 15.2 Å². The fraction of sp³-hybridized carbons (Fsp3) is 0.400. The van der Waals surface area contributed by atoms with E-state index in [9.17, 15) is 0 Å². The second-order valence-electron chi connectivity index (χ2n) is 5.41. The number of nitrogens with two attached hydrogens (primary N) is 1. The molecule has 3 rings (SSSR count). The molecular formula is C15H20N4. The van der Waals surface area contributed by atoms with Crippen LogP contribution in [-0.2, 0) is 13.0 Å². The zero-order valence-electron chi connectivity index (χ0n) is 11.5. The molecular weight excluding hydrogens is 236 g/mol. The maximum atomic E-state index is 6.13. The van der Waals surface area contributed by atoms with Gasteiger partial charge in [0, 0.05) is 18.8 Å². The van der Waals surface area contributed by atoms with Gasteiger partial charge in [-0.25, -0.2) is 4.98 Å². The maximum Gasteiger partial charge on any atom is 0.0951 e. The molecule has 100 valence electrons. The number of rotatable bonds is 3. The Balaban J connectivity index is 1.89. The minimum absolute atomic E-state index is 0.438. The van der Waals surface area contributed by atoms with Crippen molar-refractivity contribution >= 4 is 11.4 Å². The number of benzene rings is 1. The molecule has 4 heteroatoms. The average molecular weight is 256 g/mol. The molecule has 1 aromatic carbocycles. The summed E-state index contributed by atoms with van der Waals surface area (Å²) in [7, 11) is 0. The summed E-state index contributed by atoms with van der Waals surface area (Å²) in [6.07, 6.45) is 4.94. The van der Waals surface area contributed by atoms with E-state index in [1.165, 1.54) is 16.9 Å². The largest absolute Gasteiger partial charge is 0.397 e. The molecule has 4 nitrogen and oxygen atoms in total. The molecule has 0 bridgehead atoms. The Kier molecular flexibility index (Phi) is 2.93. The molecule has 1 aromatic heterocycles. The number of hydrogen-bond donors (Lipinski definition) is 1. The van der Waals surface area contributed by atoms with Crippen molar-refractivity contribution in [3.05, 3.63) is 42.0 Å². The molecule has 0 aliphatic carbocycles. The van der Waals surface area contributed by atoms with Crippen molar-refractivity contribution in [2.45, 2.75) is 32.9 Å². The molecule has 0 fully saturated rings. The first-order valence-corrected chi connectivity index (χ1v) is 6.80. The normalized spacial score (nSPS) is 14.2. The number of para-hydroxylation sites is 1. The van der Waals surface area contributed by atoms with Crippen molar-refractivity contribution in [1.82, 2.24) is 9.55 Å². The van der Waals surface area contributed by atoms with Crippen molar-refractivity contribution < 1.29 is 0 Å². The van der Waals surface area contributed by atoms with Gasteiger partial charge in [0.2, 0.25) is 0 Å². The van der Waals surface area contributed by atoms with E-state index in [1.807, 2.05) is 24.7 Å². The molecule has 0 spiro atoms. The van der Waals surface area contributed by atoms with Crippen LogP contribution in [0.5, 0.6) is 0 Å². The van der Waals surface area contributed by atoms with Crippen LogP contribution in [0.3, 0.4) is 0 Å². The van der Waals surface area contributed by atoms with Gasteiger partial charge in [0.15, 0.2) is 0 Å². The summed E-state index contributed by atoms with van der Waals surface area (Å²) in [6, 6.07) is 6.63. The first-order valence-electron chi connectivity index (χ1n) is 6.80. The number of hydrogen-bond acceptors (Lipinski definition) is 3. The topological polar surface area (TPSA) is 47.1 Å². The molecule has 1 aliphatic rings. The molecule has 1 aliphatic heterocycles. The van der Waals surface area contributed by atoms with E-state index in [1.54, 1.807) is 0 Å². The van der Waals surface area contributed by atoms with Gasteiger partial charge in [-0.15, -0.1) is 0 Å². The highest BCUT2D eigenvalue weighted by Gasteiger charge is 2.22. The summed E-state index contributed by atoms with van der Waals surface area (Å²) >= 11 is 0. The molecule has 0 saturated heterocycles. The van der Waals surface area contributed by atoms with Gasteiger partial charge in [0.1, 0.15) is 0 Å². The molecule has 2 heterocycles. The molecule has 0 radical (unpaired) electrons. The average Bonchev–Trinajstić information content (AvgIpc) is 2.98. The Hall–Kier alpha value is -1.97. The van der Waals surface area contributed by atoms with E-state index in [2.05, 4.69) is 34.4 Å². The second kappa shape index (κ2) is 4.61. The summed E-state index contributed by atoms with van der Waals surface area (Å²) in [5, 5.41) is 0. The van der Waals surface area contributed by atoms with Crippen molar-refractivity contribution in [2.24, 2.45) is 0 Å². The Bertz CT molecular complexity index is 586.